The number of hydrogen-bond acceptors (Lipinski definition) is 7. The quantitative estimate of drug-likeness (QED) is 0.550. The van der Waals surface area contributed by atoms with Gasteiger partial charge >= 0.3 is 0 Å². The standard InChI is InChI=1S/C23H26N6O3S/c1-28-12-14-29(15-13-28)33(31,32)20-5-2-4-19(16-20)27-23(30)21-6-3-9-25-22(21)26-17-18-7-10-24-11-8-18/h2-11,16H,12-15,17H2,1H3,(H,25,26)(H,27,30). The average Bonchev–Trinajstić information content (AvgIpc) is 2.84. The fourth-order valence-corrected chi connectivity index (χ4v) is 4.99. The number of sulfonamides is 1. The van der Waals surface area contributed by atoms with E-state index in [1.807, 2.05) is 19.2 Å². The summed E-state index contributed by atoms with van der Waals surface area (Å²) in [6.07, 6.45) is 5.01. The summed E-state index contributed by atoms with van der Waals surface area (Å²) in [5, 5.41) is 5.97. The van der Waals surface area contributed by atoms with Crippen LogP contribution in [0.2, 0.25) is 0 Å². The second-order valence-corrected chi connectivity index (χ2v) is 9.74. The van der Waals surface area contributed by atoms with Crippen molar-refractivity contribution in [1.29, 1.82) is 0 Å². The smallest absolute Gasteiger partial charge is 0.259 e. The molecule has 9 nitrogen and oxygen atoms in total. The van der Waals surface area contributed by atoms with Gasteiger partial charge < -0.3 is 15.5 Å². The molecule has 0 aliphatic carbocycles. The average molecular weight is 467 g/mol. The van der Waals surface area contributed by atoms with Gasteiger partial charge in [0.25, 0.3) is 5.91 Å². The number of anilines is 2. The Bertz CT molecular complexity index is 1210. The van der Waals surface area contributed by atoms with Crippen molar-refractivity contribution in [2.45, 2.75) is 11.4 Å². The summed E-state index contributed by atoms with van der Waals surface area (Å²) in [5.41, 5.74) is 1.77. The number of nitrogens with zero attached hydrogens (tertiary/aromatic N) is 4. The SMILES string of the molecule is CN1CCN(S(=O)(=O)c2cccc(NC(=O)c3cccnc3NCc3ccncc3)c2)CC1. The molecule has 10 heteroatoms. The van der Waals surface area contributed by atoms with Crippen LogP contribution >= 0.6 is 0 Å². The highest BCUT2D eigenvalue weighted by Crippen LogP contribution is 2.22. The molecule has 1 saturated heterocycles. The van der Waals surface area contributed by atoms with Gasteiger partial charge in [-0.15, -0.1) is 0 Å². The Hall–Kier alpha value is -3.34. The lowest BCUT2D eigenvalue weighted by atomic mass is 10.2. The lowest BCUT2D eigenvalue weighted by molar-refractivity contribution is 0.102. The van der Waals surface area contributed by atoms with Crippen LogP contribution in [0.15, 0.2) is 72.0 Å². The third-order valence-electron chi connectivity index (χ3n) is 5.45. The number of aromatic nitrogens is 2. The number of carbonyl (C=O) groups excluding carboxylic acids is 1. The third-order valence-corrected chi connectivity index (χ3v) is 7.35. The molecule has 3 heterocycles. The minimum absolute atomic E-state index is 0.159. The molecule has 1 aromatic carbocycles. The summed E-state index contributed by atoms with van der Waals surface area (Å²) in [6, 6.07) is 13.4. The molecule has 0 spiro atoms. The van der Waals surface area contributed by atoms with E-state index in [1.165, 1.54) is 10.4 Å². The van der Waals surface area contributed by atoms with Gasteiger partial charge in [0.15, 0.2) is 0 Å². The monoisotopic (exact) mass is 466 g/mol. The van der Waals surface area contributed by atoms with Crippen LogP contribution in [0.25, 0.3) is 0 Å². The van der Waals surface area contributed by atoms with Crippen molar-refractivity contribution in [2.75, 3.05) is 43.9 Å². The fraction of sp³-hybridized carbons (Fsp3) is 0.261. The highest BCUT2D eigenvalue weighted by Gasteiger charge is 2.27. The Morgan fingerprint density at radius 2 is 1.76 bits per heavy atom. The van der Waals surface area contributed by atoms with Crippen molar-refractivity contribution in [3.05, 3.63) is 78.2 Å². The first-order valence-electron chi connectivity index (χ1n) is 10.6. The molecule has 33 heavy (non-hydrogen) atoms. The van der Waals surface area contributed by atoms with E-state index in [1.54, 1.807) is 48.9 Å². The van der Waals surface area contributed by atoms with Gasteiger partial charge in [0.05, 0.1) is 10.5 Å². The second kappa shape index (κ2) is 10.1. The lowest BCUT2D eigenvalue weighted by Gasteiger charge is -2.31. The maximum atomic E-state index is 13.0. The van der Waals surface area contributed by atoms with Gasteiger partial charge in [0.1, 0.15) is 5.82 Å². The number of nitrogens with one attached hydrogen (secondary N) is 2. The van der Waals surface area contributed by atoms with Gasteiger partial charge in [-0.2, -0.15) is 4.31 Å². The third kappa shape index (κ3) is 5.54. The molecule has 172 valence electrons. The molecule has 1 amide bonds. The molecule has 1 fully saturated rings. The zero-order valence-electron chi connectivity index (χ0n) is 18.3. The molecule has 0 radical (unpaired) electrons. The van der Waals surface area contributed by atoms with Crippen molar-refractivity contribution in [3.63, 3.8) is 0 Å². The first-order chi connectivity index (χ1) is 15.9. The number of benzene rings is 1. The van der Waals surface area contributed by atoms with E-state index in [4.69, 9.17) is 0 Å². The maximum Gasteiger partial charge on any atom is 0.259 e. The lowest BCUT2D eigenvalue weighted by Crippen LogP contribution is -2.47. The van der Waals surface area contributed by atoms with Gasteiger partial charge in [-0.25, -0.2) is 13.4 Å². The molecule has 4 rings (SSSR count). The highest BCUT2D eigenvalue weighted by molar-refractivity contribution is 7.89. The summed E-state index contributed by atoms with van der Waals surface area (Å²) in [7, 11) is -1.66. The van der Waals surface area contributed by atoms with E-state index in [9.17, 15) is 13.2 Å². The van der Waals surface area contributed by atoms with Gasteiger partial charge in [-0.05, 0) is 55.1 Å². The Balaban J connectivity index is 1.48. The Labute approximate surface area is 193 Å². The topological polar surface area (TPSA) is 108 Å². The number of amides is 1. The van der Waals surface area contributed by atoms with Crippen LogP contribution < -0.4 is 10.6 Å². The summed E-state index contributed by atoms with van der Waals surface area (Å²) in [5.74, 6) is 0.0579. The van der Waals surface area contributed by atoms with Crippen LogP contribution in [0.5, 0.6) is 0 Å². The molecular weight excluding hydrogens is 440 g/mol. The second-order valence-electron chi connectivity index (χ2n) is 7.80. The van der Waals surface area contributed by atoms with Gasteiger partial charge in [-0.1, -0.05) is 6.07 Å². The summed E-state index contributed by atoms with van der Waals surface area (Å²) < 4.78 is 27.6. The van der Waals surface area contributed by atoms with Crippen molar-refractivity contribution in [1.82, 2.24) is 19.2 Å². The highest BCUT2D eigenvalue weighted by atomic mass is 32.2. The van der Waals surface area contributed by atoms with Gasteiger partial charge in [-0.3, -0.25) is 9.78 Å². The van der Waals surface area contributed by atoms with E-state index < -0.39 is 10.0 Å². The molecule has 1 aliphatic rings. The number of rotatable bonds is 7. The van der Waals surface area contributed by atoms with Crippen LogP contribution in [-0.4, -0.2) is 66.7 Å². The van der Waals surface area contributed by atoms with Gasteiger partial charge in [0.2, 0.25) is 10.0 Å². The molecule has 2 aromatic heterocycles. The molecule has 1 aliphatic heterocycles. The number of pyridine rings is 2. The van der Waals surface area contributed by atoms with E-state index in [0.29, 0.717) is 49.8 Å². The molecule has 0 atom stereocenters. The van der Waals surface area contributed by atoms with Crippen LogP contribution in [0, 0.1) is 0 Å². The molecule has 0 saturated carbocycles. The zero-order valence-corrected chi connectivity index (χ0v) is 19.1. The predicted octanol–water partition coefficient (Wildman–Crippen LogP) is 2.28. The summed E-state index contributed by atoms with van der Waals surface area (Å²) in [6.45, 7) is 2.74. The molecule has 0 bridgehead atoms. The van der Waals surface area contributed by atoms with E-state index in [0.717, 1.165) is 5.56 Å². The molecular formula is C23H26N6O3S. The summed E-state index contributed by atoms with van der Waals surface area (Å²) in [4.78, 5) is 23.5. The molecule has 2 N–H and O–H groups in total. The van der Waals surface area contributed by atoms with E-state index in [-0.39, 0.29) is 10.8 Å². The first-order valence-corrected chi connectivity index (χ1v) is 12.1. The van der Waals surface area contributed by atoms with Crippen molar-refractivity contribution < 1.29 is 13.2 Å². The summed E-state index contributed by atoms with van der Waals surface area (Å²) >= 11 is 0. The Morgan fingerprint density at radius 1 is 1.00 bits per heavy atom. The van der Waals surface area contributed by atoms with Crippen LogP contribution in [0.1, 0.15) is 15.9 Å². The minimum Gasteiger partial charge on any atom is -0.365 e. The Kier molecular flexibility index (Phi) is 6.97. The number of hydrogen-bond donors (Lipinski definition) is 2. The Morgan fingerprint density at radius 3 is 2.52 bits per heavy atom. The molecule has 3 aromatic rings. The number of carbonyl (C=O) groups is 1. The first kappa shape index (κ1) is 22.8. The zero-order chi connectivity index (χ0) is 23.3. The van der Waals surface area contributed by atoms with Gasteiger partial charge in [0, 0.05) is 57.0 Å². The maximum absolute atomic E-state index is 13.0. The normalized spacial score (nSPS) is 15.2. The fourth-order valence-electron chi connectivity index (χ4n) is 3.53. The predicted molar refractivity (Wildman–Crippen MR) is 126 cm³/mol. The molecule has 0 unspecified atom stereocenters. The van der Waals surface area contributed by atoms with Crippen LogP contribution in [-0.2, 0) is 16.6 Å². The number of likely N-dealkylation sites (N-methyl/N-ethyl adjacent to an activating group) is 1. The largest absolute Gasteiger partial charge is 0.365 e. The van der Waals surface area contributed by atoms with Crippen molar-refractivity contribution in [3.8, 4) is 0 Å². The van der Waals surface area contributed by atoms with Crippen molar-refractivity contribution in [2.24, 2.45) is 0 Å². The van der Waals surface area contributed by atoms with Crippen LogP contribution in [0.4, 0.5) is 11.5 Å². The minimum atomic E-state index is -3.63. The van der Waals surface area contributed by atoms with Crippen LogP contribution in [0.3, 0.4) is 0 Å². The van der Waals surface area contributed by atoms with E-state index >= 15 is 0 Å². The van der Waals surface area contributed by atoms with E-state index in [2.05, 4.69) is 25.5 Å². The van der Waals surface area contributed by atoms with Crippen molar-refractivity contribution >= 4 is 27.4 Å². The number of piperazine rings is 1.